The van der Waals surface area contributed by atoms with Gasteiger partial charge in [0, 0.05) is 18.5 Å². The summed E-state index contributed by atoms with van der Waals surface area (Å²) in [5.41, 5.74) is 4.37. The first-order valence-corrected chi connectivity index (χ1v) is 11.6. The Morgan fingerprint density at radius 1 is 1.11 bits per heavy atom. The summed E-state index contributed by atoms with van der Waals surface area (Å²) in [5.74, 6) is -1.91. The molecule has 1 aliphatic carbocycles. The molecule has 1 aliphatic heterocycles. The van der Waals surface area contributed by atoms with E-state index < -0.39 is 24.0 Å². The van der Waals surface area contributed by atoms with Crippen LogP contribution in [0.3, 0.4) is 0 Å². The van der Waals surface area contributed by atoms with E-state index >= 15 is 0 Å². The zero-order valence-electron chi connectivity index (χ0n) is 19.1. The quantitative estimate of drug-likeness (QED) is 0.562. The molecule has 2 aliphatic rings. The predicted molar refractivity (Wildman–Crippen MR) is 126 cm³/mol. The molecule has 2 aromatic carbocycles. The molecular weight excluding hydrogens is 450 g/mol. The number of aliphatic carboxylic acids is 1. The molecule has 9 heteroatoms. The lowest BCUT2D eigenvalue weighted by Gasteiger charge is -2.36. The van der Waals surface area contributed by atoms with Gasteiger partial charge in [-0.25, -0.2) is 9.59 Å². The Kier molecular flexibility index (Phi) is 5.98. The van der Waals surface area contributed by atoms with E-state index in [0.29, 0.717) is 13.0 Å². The van der Waals surface area contributed by atoms with Crippen LogP contribution < -0.4 is 5.32 Å². The minimum atomic E-state index is -1.05. The van der Waals surface area contributed by atoms with E-state index in [4.69, 9.17) is 9.26 Å². The van der Waals surface area contributed by atoms with E-state index in [-0.39, 0.29) is 30.0 Å². The van der Waals surface area contributed by atoms with Crippen molar-refractivity contribution in [1.29, 1.82) is 0 Å². The standard InChI is InChI=1S/C26H25N3O6/c1-15-7-6-12-29(23(15)25(31)32)24(30)21-13-22(35-28-21)27-26(33)34-14-20-18-10-4-2-8-16(18)17-9-3-5-11-19(17)20/h2-5,8-11,13,15,20,23H,6-7,12,14H2,1H3,(H,27,33)(H,31,32). The fraction of sp³-hybridized carbons (Fsp3) is 0.308. The normalized spacial score (nSPS) is 19.1. The van der Waals surface area contributed by atoms with Gasteiger partial charge in [0.15, 0.2) is 5.69 Å². The molecule has 180 valence electrons. The first-order valence-electron chi connectivity index (χ1n) is 11.6. The van der Waals surface area contributed by atoms with Crippen molar-refractivity contribution in [3.05, 3.63) is 71.4 Å². The van der Waals surface area contributed by atoms with Gasteiger partial charge < -0.3 is 19.3 Å². The molecule has 0 saturated carbocycles. The van der Waals surface area contributed by atoms with Gasteiger partial charge in [0.2, 0.25) is 5.88 Å². The molecule has 1 aromatic heterocycles. The number of hydrogen-bond acceptors (Lipinski definition) is 6. The van der Waals surface area contributed by atoms with Gasteiger partial charge in [0.05, 0.1) is 0 Å². The molecule has 35 heavy (non-hydrogen) atoms. The molecule has 0 radical (unpaired) electrons. The maximum absolute atomic E-state index is 12.9. The molecule has 2 unspecified atom stereocenters. The van der Waals surface area contributed by atoms with Crippen LogP contribution in [0.2, 0.25) is 0 Å². The van der Waals surface area contributed by atoms with E-state index in [1.807, 2.05) is 43.3 Å². The van der Waals surface area contributed by atoms with Crippen LogP contribution in [-0.4, -0.2) is 52.3 Å². The molecular formula is C26H25N3O6. The fourth-order valence-corrected chi connectivity index (χ4v) is 5.11. The molecule has 3 aromatic rings. The number of rotatable bonds is 5. The zero-order valence-corrected chi connectivity index (χ0v) is 19.1. The van der Waals surface area contributed by atoms with Crippen LogP contribution in [0.4, 0.5) is 10.7 Å². The average molecular weight is 476 g/mol. The minimum Gasteiger partial charge on any atom is -0.480 e. The molecule has 2 amide bonds. The van der Waals surface area contributed by atoms with Crippen LogP contribution in [0.25, 0.3) is 11.1 Å². The molecule has 0 spiro atoms. The van der Waals surface area contributed by atoms with Crippen LogP contribution >= 0.6 is 0 Å². The van der Waals surface area contributed by atoms with E-state index in [1.54, 1.807) is 0 Å². The zero-order chi connectivity index (χ0) is 24.5. The maximum Gasteiger partial charge on any atom is 0.414 e. The number of ether oxygens (including phenoxy) is 1. The minimum absolute atomic E-state index is 0.0532. The van der Waals surface area contributed by atoms with Crippen LogP contribution in [0, 0.1) is 5.92 Å². The number of anilines is 1. The number of aromatic nitrogens is 1. The first-order chi connectivity index (χ1) is 16.9. The molecule has 1 fully saturated rings. The van der Waals surface area contributed by atoms with Gasteiger partial charge in [-0.05, 0) is 41.0 Å². The Morgan fingerprint density at radius 3 is 2.43 bits per heavy atom. The van der Waals surface area contributed by atoms with Crippen LogP contribution in [0.1, 0.15) is 47.3 Å². The third kappa shape index (κ3) is 4.25. The highest BCUT2D eigenvalue weighted by Crippen LogP contribution is 2.44. The van der Waals surface area contributed by atoms with Crippen LogP contribution in [-0.2, 0) is 9.53 Å². The highest BCUT2D eigenvalue weighted by molar-refractivity contribution is 5.96. The van der Waals surface area contributed by atoms with Gasteiger partial charge >= 0.3 is 12.1 Å². The highest BCUT2D eigenvalue weighted by Gasteiger charge is 2.38. The maximum atomic E-state index is 12.9. The SMILES string of the molecule is CC1CCCN(C(=O)c2cc(NC(=O)OCC3c4ccccc4-c4ccccc43)on2)C1C(=O)O. The van der Waals surface area contributed by atoms with Crippen molar-refractivity contribution in [2.24, 2.45) is 5.92 Å². The average Bonchev–Trinajstić information content (AvgIpc) is 3.44. The van der Waals surface area contributed by atoms with Gasteiger partial charge in [0.1, 0.15) is 12.6 Å². The van der Waals surface area contributed by atoms with Gasteiger partial charge in [-0.15, -0.1) is 0 Å². The molecule has 9 nitrogen and oxygen atoms in total. The van der Waals surface area contributed by atoms with Gasteiger partial charge in [-0.1, -0.05) is 60.6 Å². The Morgan fingerprint density at radius 2 is 1.77 bits per heavy atom. The summed E-state index contributed by atoms with van der Waals surface area (Å²) in [6.07, 6.45) is 0.699. The Labute approximate surface area is 201 Å². The number of amides is 2. The number of benzene rings is 2. The topological polar surface area (TPSA) is 122 Å². The van der Waals surface area contributed by atoms with Crippen molar-refractivity contribution >= 4 is 23.9 Å². The lowest BCUT2D eigenvalue weighted by molar-refractivity contribution is -0.145. The summed E-state index contributed by atoms with van der Waals surface area (Å²) >= 11 is 0. The largest absolute Gasteiger partial charge is 0.480 e. The molecule has 2 atom stereocenters. The second-order valence-corrected chi connectivity index (χ2v) is 8.93. The summed E-state index contributed by atoms with van der Waals surface area (Å²) in [6, 6.07) is 16.4. The van der Waals surface area contributed by atoms with Gasteiger partial charge in [-0.2, -0.15) is 0 Å². The van der Waals surface area contributed by atoms with E-state index in [1.165, 1.54) is 11.0 Å². The van der Waals surface area contributed by atoms with Crippen LogP contribution in [0.5, 0.6) is 0 Å². The predicted octanol–water partition coefficient (Wildman–Crippen LogP) is 4.36. The highest BCUT2D eigenvalue weighted by atomic mass is 16.6. The smallest absolute Gasteiger partial charge is 0.414 e. The molecule has 2 heterocycles. The van der Waals surface area contributed by atoms with Crippen molar-refractivity contribution < 1.29 is 28.8 Å². The van der Waals surface area contributed by atoms with E-state index in [9.17, 15) is 19.5 Å². The van der Waals surface area contributed by atoms with Gasteiger partial charge in [0.25, 0.3) is 5.91 Å². The summed E-state index contributed by atoms with van der Waals surface area (Å²) in [4.78, 5) is 38.3. The van der Waals surface area contributed by atoms with Crippen molar-refractivity contribution in [1.82, 2.24) is 10.1 Å². The fourth-order valence-electron chi connectivity index (χ4n) is 5.11. The number of hydrogen-bond donors (Lipinski definition) is 2. The monoisotopic (exact) mass is 475 g/mol. The summed E-state index contributed by atoms with van der Waals surface area (Å²) in [7, 11) is 0. The van der Waals surface area contributed by atoms with Crippen molar-refractivity contribution in [2.75, 3.05) is 18.5 Å². The Hall–Kier alpha value is -4.14. The van der Waals surface area contributed by atoms with Crippen LogP contribution in [0.15, 0.2) is 59.1 Å². The number of fused-ring (bicyclic) bond motifs is 3. The third-order valence-electron chi connectivity index (χ3n) is 6.75. The third-order valence-corrected chi connectivity index (χ3v) is 6.75. The summed E-state index contributed by atoms with van der Waals surface area (Å²) < 4.78 is 10.6. The van der Waals surface area contributed by atoms with Gasteiger partial charge in [-0.3, -0.25) is 10.1 Å². The lowest BCUT2D eigenvalue weighted by Crippen LogP contribution is -2.52. The number of carboxylic acids is 1. The number of likely N-dealkylation sites (tertiary alicyclic amines) is 1. The Bertz CT molecular complexity index is 1240. The number of nitrogens with zero attached hydrogens (tertiary/aromatic N) is 2. The lowest BCUT2D eigenvalue weighted by atomic mass is 9.90. The number of carbonyl (C=O) groups excluding carboxylic acids is 2. The Balaban J connectivity index is 1.23. The second kappa shape index (κ2) is 9.25. The molecule has 5 rings (SSSR count). The van der Waals surface area contributed by atoms with Crippen molar-refractivity contribution in [3.8, 4) is 11.1 Å². The first kappa shape index (κ1) is 22.6. The van der Waals surface area contributed by atoms with Crippen molar-refractivity contribution in [3.63, 3.8) is 0 Å². The molecule has 2 N–H and O–H groups in total. The number of nitrogens with one attached hydrogen (secondary N) is 1. The summed E-state index contributed by atoms with van der Waals surface area (Å²) in [5, 5.41) is 15.7. The van der Waals surface area contributed by atoms with Crippen molar-refractivity contribution in [2.45, 2.75) is 31.7 Å². The number of carbonyl (C=O) groups is 3. The number of piperidine rings is 1. The molecule has 0 bridgehead atoms. The molecule has 1 saturated heterocycles. The van der Waals surface area contributed by atoms with E-state index in [0.717, 1.165) is 28.7 Å². The van der Waals surface area contributed by atoms with E-state index in [2.05, 4.69) is 22.6 Å². The second-order valence-electron chi connectivity index (χ2n) is 8.93. The number of carboxylic acid groups (broad SMARTS) is 1. The summed E-state index contributed by atoms with van der Waals surface area (Å²) in [6.45, 7) is 2.26.